The molecular weight excluding hydrogens is 264 g/mol. The van der Waals surface area contributed by atoms with Crippen LogP contribution in [0.5, 0.6) is 0 Å². The molecule has 19 heavy (non-hydrogen) atoms. The summed E-state index contributed by atoms with van der Waals surface area (Å²) in [6.07, 6.45) is -10.00. The first-order valence-electron chi connectivity index (χ1n) is 5.89. The van der Waals surface area contributed by atoms with Gasteiger partial charge in [-0.25, -0.2) is 0 Å². The van der Waals surface area contributed by atoms with Gasteiger partial charge in [0.05, 0.1) is 13.2 Å². The van der Waals surface area contributed by atoms with Crippen LogP contribution in [0.15, 0.2) is 0 Å². The van der Waals surface area contributed by atoms with Crippen LogP contribution in [0.4, 0.5) is 0 Å². The number of aliphatic hydroxyl groups excluding tert-OH is 6. The van der Waals surface area contributed by atoms with Crippen molar-refractivity contribution in [2.45, 2.75) is 49.2 Å². The van der Waals surface area contributed by atoms with Crippen molar-refractivity contribution >= 4 is 0 Å². The summed E-state index contributed by atoms with van der Waals surface area (Å²) in [6, 6.07) is 0. The van der Waals surface area contributed by atoms with Crippen molar-refractivity contribution in [3.05, 3.63) is 0 Å². The SMILES string of the molecule is OCC1OC(OCC2OC(O)C(O)C2O)C(O)C1O. The summed E-state index contributed by atoms with van der Waals surface area (Å²) >= 11 is 0. The van der Waals surface area contributed by atoms with Crippen molar-refractivity contribution in [2.24, 2.45) is 0 Å². The summed E-state index contributed by atoms with van der Waals surface area (Å²) in [5.41, 5.74) is 0. The monoisotopic (exact) mass is 282 g/mol. The molecule has 6 N–H and O–H groups in total. The van der Waals surface area contributed by atoms with Crippen molar-refractivity contribution in [1.82, 2.24) is 0 Å². The van der Waals surface area contributed by atoms with Gasteiger partial charge in [0.25, 0.3) is 0 Å². The Morgan fingerprint density at radius 1 is 0.789 bits per heavy atom. The normalized spacial score (nSPS) is 50.8. The van der Waals surface area contributed by atoms with E-state index in [1.165, 1.54) is 0 Å². The Labute approximate surface area is 108 Å². The van der Waals surface area contributed by atoms with Crippen LogP contribution in [0.3, 0.4) is 0 Å². The van der Waals surface area contributed by atoms with Crippen LogP contribution in [0.2, 0.25) is 0 Å². The van der Waals surface area contributed by atoms with Crippen LogP contribution >= 0.6 is 0 Å². The van der Waals surface area contributed by atoms with E-state index in [1.807, 2.05) is 0 Å². The Morgan fingerprint density at radius 3 is 1.89 bits per heavy atom. The molecule has 112 valence electrons. The molecule has 0 bridgehead atoms. The fourth-order valence-electron chi connectivity index (χ4n) is 2.06. The third kappa shape index (κ3) is 2.89. The molecule has 8 atom stereocenters. The van der Waals surface area contributed by atoms with Crippen molar-refractivity contribution in [2.75, 3.05) is 13.2 Å². The molecule has 0 amide bonds. The Bertz CT molecular complexity index is 301. The second kappa shape index (κ2) is 5.95. The highest BCUT2D eigenvalue weighted by Gasteiger charge is 2.46. The van der Waals surface area contributed by atoms with E-state index in [0.717, 1.165) is 0 Å². The average Bonchev–Trinajstić information content (AvgIpc) is 2.81. The molecule has 0 saturated carbocycles. The van der Waals surface area contributed by atoms with E-state index in [0.29, 0.717) is 0 Å². The summed E-state index contributed by atoms with van der Waals surface area (Å²) in [5, 5.41) is 55.9. The maximum absolute atomic E-state index is 9.59. The quantitative estimate of drug-likeness (QED) is 0.302. The summed E-state index contributed by atoms with van der Waals surface area (Å²) in [4.78, 5) is 0. The lowest BCUT2D eigenvalue weighted by molar-refractivity contribution is -0.197. The fourth-order valence-corrected chi connectivity index (χ4v) is 2.06. The van der Waals surface area contributed by atoms with Crippen LogP contribution in [0.25, 0.3) is 0 Å². The Balaban J connectivity index is 1.83. The Kier molecular flexibility index (Phi) is 4.71. The minimum absolute atomic E-state index is 0.262. The fraction of sp³-hybridized carbons (Fsp3) is 1.00. The third-order valence-electron chi connectivity index (χ3n) is 3.26. The zero-order valence-corrected chi connectivity index (χ0v) is 9.94. The first-order chi connectivity index (χ1) is 8.95. The maximum atomic E-state index is 9.59. The van der Waals surface area contributed by atoms with Crippen molar-refractivity contribution in [1.29, 1.82) is 0 Å². The van der Waals surface area contributed by atoms with Gasteiger partial charge in [0.1, 0.15) is 36.6 Å². The van der Waals surface area contributed by atoms with Crippen LogP contribution in [-0.4, -0.2) is 93.1 Å². The maximum Gasteiger partial charge on any atom is 0.186 e. The van der Waals surface area contributed by atoms with E-state index in [-0.39, 0.29) is 6.61 Å². The van der Waals surface area contributed by atoms with E-state index < -0.39 is 55.8 Å². The number of aliphatic hydroxyl groups is 6. The summed E-state index contributed by atoms with van der Waals surface area (Å²) < 4.78 is 15.0. The molecule has 8 unspecified atom stereocenters. The molecule has 0 spiro atoms. The number of ether oxygens (including phenoxy) is 3. The molecule has 2 heterocycles. The van der Waals surface area contributed by atoms with Gasteiger partial charge >= 0.3 is 0 Å². The molecule has 0 aliphatic carbocycles. The molecule has 0 radical (unpaired) electrons. The lowest BCUT2D eigenvalue weighted by Crippen LogP contribution is -2.38. The average molecular weight is 282 g/mol. The molecule has 0 aromatic rings. The molecule has 9 nitrogen and oxygen atoms in total. The molecule has 2 aliphatic rings. The van der Waals surface area contributed by atoms with Gasteiger partial charge in [-0.15, -0.1) is 0 Å². The van der Waals surface area contributed by atoms with E-state index in [9.17, 15) is 20.4 Å². The van der Waals surface area contributed by atoms with Gasteiger partial charge in [0.15, 0.2) is 12.6 Å². The number of hydrogen-bond donors (Lipinski definition) is 6. The first kappa shape index (κ1) is 15.0. The van der Waals surface area contributed by atoms with Crippen LogP contribution in [0, 0.1) is 0 Å². The van der Waals surface area contributed by atoms with Gasteiger partial charge in [0.2, 0.25) is 0 Å². The molecule has 0 aromatic heterocycles. The standard InChI is InChI=1S/C10H18O9/c11-1-3-5(12)8(15)10(19-3)17-2-4-6(13)7(14)9(16)18-4/h3-16H,1-2H2. The van der Waals surface area contributed by atoms with Gasteiger partial charge < -0.3 is 44.8 Å². The zero-order chi connectivity index (χ0) is 14.2. The van der Waals surface area contributed by atoms with E-state index in [4.69, 9.17) is 24.4 Å². The molecule has 2 aliphatic heterocycles. The highest BCUT2D eigenvalue weighted by atomic mass is 16.7. The van der Waals surface area contributed by atoms with Crippen LogP contribution in [0.1, 0.15) is 0 Å². The number of rotatable bonds is 4. The minimum Gasteiger partial charge on any atom is -0.394 e. The van der Waals surface area contributed by atoms with Crippen LogP contribution < -0.4 is 0 Å². The largest absolute Gasteiger partial charge is 0.394 e. The highest BCUT2D eigenvalue weighted by molar-refractivity contribution is 4.88. The van der Waals surface area contributed by atoms with Gasteiger partial charge in [-0.2, -0.15) is 0 Å². The van der Waals surface area contributed by atoms with Crippen molar-refractivity contribution in [3.63, 3.8) is 0 Å². The van der Waals surface area contributed by atoms with E-state index >= 15 is 0 Å². The Morgan fingerprint density at radius 2 is 1.42 bits per heavy atom. The predicted octanol–water partition coefficient (Wildman–Crippen LogP) is -4.12. The highest BCUT2D eigenvalue weighted by Crippen LogP contribution is 2.24. The molecular formula is C10H18O9. The smallest absolute Gasteiger partial charge is 0.186 e. The first-order valence-corrected chi connectivity index (χ1v) is 5.89. The topological polar surface area (TPSA) is 149 Å². The van der Waals surface area contributed by atoms with Crippen LogP contribution in [-0.2, 0) is 14.2 Å². The van der Waals surface area contributed by atoms with Gasteiger partial charge in [-0.3, -0.25) is 0 Å². The van der Waals surface area contributed by atoms with E-state index in [1.54, 1.807) is 0 Å². The third-order valence-corrected chi connectivity index (χ3v) is 3.26. The van der Waals surface area contributed by atoms with Gasteiger partial charge in [0, 0.05) is 0 Å². The minimum atomic E-state index is -1.51. The van der Waals surface area contributed by atoms with Gasteiger partial charge in [-0.05, 0) is 0 Å². The number of hydrogen-bond acceptors (Lipinski definition) is 9. The molecule has 9 heteroatoms. The molecule has 2 rings (SSSR count). The molecule has 2 fully saturated rings. The lowest BCUT2D eigenvalue weighted by atomic mass is 10.1. The molecule has 2 saturated heterocycles. The zero-order valence-electron chi connectivity index (χ0n) is 9.94. The molecule has 0 aromatic carbocycles. The Hall–Kier alpha value is -0.360. The van der Waals surface area contributed by atoms with E-state index in [2.05, 4.69) is 0 Å². The summed E-state index contributed by atoms with van der Waals surface area (Å²) in [7, 11) is 0. The van der Waals surface area contributed by atoms with Gasteiger partial charge in [-0.1, -0.05) is 0 Å². The van der Waals surface area contributed by atoms with Crippen molar-refractivity contribution < 1.29 is 44.8 Å². The summed E-state index contributed by atoms with van der Waals surface area (Å²) in [6.45, 7) is -0.736. The predicted molar refractivity (Wildman–Crippen MR) is 56.6 cm³/mol. The second-order valence-corrected chi connectivity index (χ2v) is 4.59. The second-order valence-electron chi connectivity index (χ2n) is 4.59. The lowest BCUT2D eigenvalue weighted by Gasteiger charge is -2.19. The van der Waals surface area contributed by atoms with Crippen molar-refractivity contribution in [3.8, 4) is 0 Å². The summed E-state index contributed by atoms with van der Waals surface area (Å²) in [5.74, 6) is 0.